The zero-order valence-electron chi connectivity index (χ0n) is 33.6. The quantitative estimate of drug-likeness (QED) is 0.162. The Morgan fingerprint density at radius 1 is 0.709 bits per heavy atom. The molecule has 8 fully saturated rings. The SMILES string of the molecule is CC(C)(O)[C@@H]1CC[C@](C)([C@H]2[C@@H](O)C[C@@]3(C)[C@@H]4C[C@H](O)[C@H]5C(C)(C)[C@@H](O[C@@H]6OC[C@@H](O)[C@H](O)[C@H]6O[C@@H]6O[C@H](CO)[C@@H](O)[C@H](O)[C@H]6O)CC[C@@]56C[C@@]46CC[C@]23C)O1. The summed E-state index contributed by atoms with van der Waals surface area (Å²) >= 11 is 0. The van der Waals surface area contributed by atoms with Crippen LogP contribution in [0.2, 0.25) is 0 Å². The number of hydrogen-bond donors (Lipinski definition) is 9. The number of hydrogen-bond acceptors (Lipinski definition) is 14. The second kappa shape index (κ2) is 13.2. The molecule has 21 atom stereocenters. The molecular weight excluding hydrogens is 716 g/mol. The van der Waals surface area contributed by atoms with E-state index in [0.717, 1.165) is 38.5 Å². The van der Waals surface area contributed by atoms with Gasteiger partial charge in [0.1, 0.15) is 42.7 Å². The first-order valence-electron chi connectivity index (χ1n) is 20.9. The van der Waals surface area contributed by atoms with Crippen LogP contribution in [0.3, 0.4) is 0 Å². The number of aliphatic hydroxyl groups excluding tert-OH is 8. The van der Waals surface area contributed by atoms with E-state index >= 15 is 0 Å². The minimum atomic E-state index is -1.72. The summed E-state index contributed by atoms with van der Waals surface area (Å²) in [5, 5.41) is 97.9. The van der Waals surface area contributed by atoms with Gasteiger partial charge in [-0.1, -0.05) is 27.7 Å². The lowest BCUT2D eigenvalue weighted by Crippen LogP contribution is -2.64. The van der Waals surface area contributed by atoms with E-state index < -0.39 is 96.8 Å². The van der Waals surface area contributed by atoms with Gasteiger partial charge in [-0.2, -0.15) is 0 Å². The topological polar surface area (TPSA) is 228 Å². The lowest BCUT2D eigenvalue weighted by molar-refractivity contribution is -0.366. The number of rotatable bonds is 7. The van der Waals surface area contributed by atoms with Crippen molar-refractivity contribution in [3.05, 3.63) is 0 Å². The average molecular weight is 785 g/mol. The predicted octanol–water partition coefficient (Wildman–Crippen LogP) is 0.724. The van der Waals surface area contributed by atoms with E-state index in [2.05, 4.69) is 34.6 Å². The molecular formula is C41H68O14. The van der Waals surface area contributed by atoms with Crippen molar-refractivity contribution in [1.29, 1.82) is 0 Å². The molecule has 316 valence electrons. The van der Waals surface area contributed by atoms with Crippen LogP contribution in [0.1, 0.15) is 106 Å². The van der Waals surface area contributed by atoms with Crippen LogP contribution in [0.15, 0.2) is 0 Å². The molecule has 0 unspecified atom stereocenters. The Bertz CT molecular complexity index is 1460. The Morgan fingerprint density at radius 3 is 2.07 bits per heavy atom. The van der Waals surface area contributed by atoms with Crippen LogP contribution in [0, 0.1) is 44.8 Å². The fourth-order valence-electron chi connectivity index (χ4n) is 14.9. The minimum absolute atomic E-state index is 0.0193. The molecule has 5 aliphatic carbocycles. The normalized spacial score (nSPS) is 58.7. The van der Waals surface area contributed by atoms with E-state index in [9.17, 15) is 46.0 Å². The maximum Gasteiger partial charge on any atom is 0.187 e. The Morgan fingerprint density at radius 2 is 1.42 bits per heavy atom. The summed E-state index contributed by atoms with van der Waals surface area (Å²) in [6.07, 6.45) is -7.87. The van der Waals surface area contributed by atoms with Gasteiger partial charge in [0.25, 0.3) is 0 Å². The molecule has 5 saturated carbocycles. The summed E-state index contributed by atoms with van der Waals surface area (Å²) in [7, 11) is 0. The molecule has 3 aliphatic heterocycles. The van der Waals surface area contributed by atoms with Crippen LogP contribution < -0.4 is 0 Å². The van der Waals surface area contributed by atoms with Gasteiger partial charge < -0.3 is 69.6 Å². The molecule has 14 nitrogen and oxygen atoms in total. The second-order valence-corrected chi connectivity index (χ2v) is 21.1. The van der Waals surface area contributed by atoms with E-state index in [1.165, 1.54) is 0 Å². The van der Waals surface area contributed by atoms with E-state index in [1.807, 2.05) is 0 Å². The highest BCUT2D eigenvalue weighted by molar-refractivity contribution is 5.33. The van der Waals surface area contributed by atoms with Gasteiger partial charge in [0.05, 0.1) is 48.8 Å². The van der Waals surface area contributed by atoms with Crippen LogP contribution in [-0.2, 0) is 23.7 Å². The van der Waals surface area contributed by atoms with Crippen molar-refractivity contribution in [2.45, 2.75) is 197 Å². The summed E-state index contributed by atoms with van der Waals surface area (Å²) in [4.78, 5) is 0. The monoisotopic (exact) mass is 784 g/mol. The molecule has 55 heavy (non-hydrogen) atoms. The summed E-state index contributed by atoms with van der Waals surface area (Å²) in [5.41, 5.74) is -2.64. The molecule has 0 radical (unpaired) electrons. The first-order chi connectivity index (χ1) is 25.5. The van der Waals surface area contributed by atoms with E-state index in [4.69, 9.17) is 23.7 Å². The molecule has 3 heterocycles. The fourth-order valence-corrected chi connectivity index (χ4v) is 14.9. The van der Waals surface area contributed by atoms with Crippen molar-refractivity contribution < 1.29 is 69.6 Å². The second-order valence-electron chi connectivity index (χ2n) is 21.1. The lowest BCUT2D eigenvalue weighted by atomic mass is 9.41. The van der Waals surface area contributed by atoms with Crippen LogP contribution in [0.4, 0.5) is 0 Å². The van der Waals surface area contributed by atoms with Gasteiger partial charge in [0.15, 0.2) is 12.6 Å². The first kappa shape index (κ1) is 41.2. The number of aliphatic hydroxyl groups is 9. The van der Waals surface area contributed by atoms with E-state index in [1.54, 1.807) is 13.8 Å². The van der Waals surface area contributed by atoms with Gasteiger partial charge in [0, 0.05) is 5.92 Å². The zero-order chi connectivity index (χ0) is 40.1. The van der Waals surface area contributed by atoms with Crippen molar-refractivity contribution in [2.24, 2.45) is 44.8 Å². The lowest BCUT2D eigenvalue weighted by Gasteiger charge is -2.64. The molecule has 8 rings (SSSR count). The Labute approximate surface area is 324 Å². The molecule has 0 aromatic carbocycles. The van der Waals surface area contributed by atoms with Gasteiger partial charge >= 0.3 is 0 Å². The Kier molecular flexibility index (Phi) is 9.90. The van der Waals surface area contributed by atoms with Crippen molar-refractivity contribution in [1.82, 2.24) is 0 Å². The van der Waals surface area contributed by atoms with Crippen LogP contribution in [0.5, 0.6) is 0 Å². The van der Waals surface area contributed by atoms with Crippen molar-refractivity contribution >= 4 is 0 Å². The summed E-state index contributed by atoms with van der Waals surface area (Å²) in [6, 6.07) is 0. The standard InChI is InChI=1S/C41H68O14/c1-35(2)24(53-34-30(26(46)21(45)17-51-34)54-33-29(49)28(48)27(47)22(16-42)52-33)9-11-41-18-40(41)13-12-37(5)32(39(7)10-8-25(55-39)36(3,4)50)20(44)15-38(37,6)23(40)14-19(43)31(35)41/h19-34,42-50H,8-18H2,1-7H3/t19-,20-,21+,22+,23-,24-,25-,26-,27+,28-,29+,30+,31-,32-,33-,34-,37+,38-,39+,40-,41+/m0/s1. The van der Waals surface area contributed by atoms with Crippen LogP contribution in [-0.4, -0.2) is 150 Å². The van der Waals surface area contributed by atoms with E-state index in [-0.39, 0.29) is 52.1 Å². The summed E-state index contributed by atoms with van der Waals surface area (Å²) < 4.78 is 30.9. The molecule has 3 saturated heterocycles. The Balaban J connectivity index is 1.02. The average Bonchev–Trinajstić information content (AvgIpc) is 3.45. The third kappa shape index (κ3) is 5.70. The van der Waals surface area contributed by atoms with Gasteiger partial charge in [-0.15, -0.1) is 0 Å². The third-order valence-corrected chi connectivity index (χ3v) is 17.6. The Hall–Kier alpha value is -0.560. The molecule has 0 aromatic heterocycles. The minimum Gasteiger partial charge on any atom is -0.394 e. The summed E-state index contributed by atoms with van der Waals surface area (Å²) in [5.74, 6) is 0.0159. The van der Waals surface area contributed by atoms with Crippen LogP contribution >= 0.6 is 0 Å². The maximum absolute atomic E-state index is 12.4. The third-order valence-electron chi connectivity index (χ3n) is 17.6. The van der Waals surface area contributed by atoms with Gasteiger partial charge in [-0.25, -0.2) is 0 Å². The molecule has 0 bridgehead atoms. The maximum atomic E-state index is 12.4. The highest BCUT2D eigenvalue weighted by Crippen LogP contribution is 2.89. The van der Waals surface area contributed by atoms with Gasteiger partial charge in [-0.05, 0) is 117 Å². The van der Waals surface area contributed by atoms with Crippen molar-refractivity contribution in [3.63, 3.8) is 0 Å². The van der Waals surface area contributed by atoms with Gasteiger partial charge in [-0.3, -0.25) is 0 Å². The van der Waals surface area contributed by atoms with E-state index in [0.29, 0.717) is 19.3 Å². The number of ether oxygens (including phenoxy) is 5. The predicted molar refractivity (Wildman–Crippen MR) is 194 cm³/mol. The highest BCUT2D eigenvalue weighted by Gasteiger charge is 2.85. The molecule has 2 spiro atoms. The molecule has 14 heteroatoms. The van der Waals surface area contributed by atoms with Crippen molar-refractivity contribution in [3.8, 4) is 0 Å². The number of fused-ring (bicyclic) bond motifs is 2. The molecule has 9 N–H and O–H groups in total. The fraction of sp³-hybridized carbons (Fsp3) is 1.00. The first-order valence-corrected chi connectivity index (χ1v) is 20.9. The van der Waals surface area contributed by atoms with Crippen LogP contribution in [0.25, 0.3) is 0 Å². The largest absolute Gasteiger partial charge is 0.394 e. The molecule has 8 aliphatic rings. The van der Waals surface area contributed by atoms with Gasteiger partial charge in [0.2, 0.25) is 0 Å². The highest BCUT2D eigenvalue weighted by atomic mass is 16.8. The van der Waals surface area contributed by atoms with Crippen molar-refractivity contribution in [2.75, 3.05) is 13.2 Å². The zero-order valence-corrected chi connectivity index (χ0v) is 33.6. The smallest absolute Gasteiger partial charge is 0.187 e. The summed E-state index contributed by atoms with van der Waals surface area (Å²) in [6.45, 7) is 13.8. The molecule has 0 aromatic rings. The molecule has 0 amide bonds.